The minimum absolute atomic E-state index is 0.0544. The van der Waals surface area contributed by atoms with Gasteiger partial charge in [0.1, 0.15) is 5.75 Å². The molecule has 1 heterocycles. The maximum absolute atomic E-state index is 12.9. The molecule has 0 atom stereocenters. The van der Waals surface area contributed by atoms with Crippen LogP contribution in [0.2, 0.25) is 10.0 Å². The van der Waals surface area contributed by atoms with E-state index >= 15 is 0 Å². The Balaban J connectivity index is 1.71. The van der Waals surface area contributed by atoms with Crippen LogP contribution in [0.3, 0.4) is 0 Å². The summed E-state index contributed by atoms with van der Waals surface area (Å²) in [7, 11) is 1.52. The van der Waals surface area contributed by atoms with Crippen molar-refractivity contribution in [3.8, 4) is 5.75 Å². The summed E-state index contributed by atoms with van der Waals surface area (Å²) in [5.74, 6) is 0.291. The standard InChI is InChI=1S/C20H20Cl2N2O3/c1-27-18-8-7-16(22)13-17(18)20(26)24-10-2-9-23(11-12-24)19(25)14-3-5-15(21)6-4-14/h3-8,13H,2,9-12H2,1H3. The summed E-state index contributed by atoms with van der Waals surface area (Å²) in [6.07, 6.45) is 0.702. The van der Waals surface area contributed by atoms with Crippen molar-refractivity contribution in [1.29, 1.82) is 0 Å². The Morgan fingerprint density at radius 2 is 1.44 bits per heavy atom. The molecule has 3 rings (SSSR count). The van der Waals surface area contributed by atoms with Gasteiger partial charge in [-0.2, -0.15) is 0 Å². The quantitative estimate of drug-likeness (QED) is 0.773. The van der Waals surface area contributed by atoms with Gasteiger partial charge in [0.05, 0.1) is 12.7 Å². The number of carbonyl (C=O) groups is 2. The first-order valence-electron chi connectivity index (χ1n) is 8.67. The Labute approximate surface area is 168 Å². The molecule has 142 valence electrons. The average molecular weight is 407 g/mol. The van der Waals surface area contributed by atoms with Crippen LogP contribution >= 0.6 is 23.2 Å². The Morgan fingerprint density at radius 3 is 2.07 bits per heavy atom. The van der Waals surface area contributed by atoms with E-state index in [9.17, 15) is 9.59 Å². The van der Waals surface area contributed by atoms with E-state index in [0.717, 1.165) is 0 Å². The van der Waals surface area contributed by atoms with Crippen LogP contribution in [0.4, 0.5) is 0 Å². The fourth-order valence-electron chi connectivity index (χ4n) is 3.12. The van der Waals surface area contributed by atoms with Crippen molar-refractivity contribution in [2.24, 2.45) is 0 Å². The van der Waals surface area contributed by atoms with Crippen LogP contribution in [-0.4, -0.2) is 54.9 Å². The van der Waals surface area contributed by atoms with Crippen molar-refractivity contribution in [3.05, 3.63) is 63.6 Å². The van der Waals surface area contributed by atoms with Gasteiger partial charge < -0.3 is 14.5 Å². The highest BCUT2D eigenvalue weighted by Gasteiger charge is 2.25. The molecule has 0 N–H and O–H groups in total. The molecule has 0 spiro atoms. The Hall–Kier alpha value is -2.24. The predicted molar refractivity (Wildman–Crippen MR) is 106 cm³/mol. The van der Waals surface area contributed by atoms with Crippen LogP contribution < -0.4 is 4.74 Å². The molecule has 0 unspecified atom stereocenters. The van der Waals surface area contributed by atoms with Crippen molar-refractivity contribution >= 4 is 35.0 Å². The highest BCUT2D eigenvalue weighted by molar-refractivity contribution is 6.31. The molecule has 2 aromatic rings. The van der Waals surface area contributed by atoms with E-state index in [2.05, 4.69) is 0 Å². The molecule has 7 heteroatoms. The van der Waals surface area contributed by atoms with E-state index in [1.54, 1.807) is 52.3 Å². The maximum atomic E-state index is 12.9. The third kappa shape index (κ3) is 4.54. The van der Waals surface area contributed by atoms with Crippen LogP contribution in [0.1, 0.15) is 27.1 Å². The van der Waals surface area contributed by atoms with E-state index in [4.69, 9.17) is 27.9 Å². The Morgan fingerprint density at radius 1 is 0.852 bits per heavy atom. The number of methoxy groups -OCH3 is 1. The first-order valence-corrected chi connectivity index (χ1v) is 9.43. The van der Waals surface area contributed by atoms with Gasteiger partial charge in [-0.3, -0.25) is 9.59 Å². The van der Waals surface area contributed by atoms with Gasteiger partial charge in [0.15, 0.2) is 0 Å². The fraction of sp³-hybridized carbons (Fsp3) is 0.300. The predicted octanol–water partition coefficient (Wildman–Crippen LogP) is 3.99. The van der Waals surface area contributed by atoms with Crippen LogP contribution in [0.15, 0.2) is 42.5 Å². The molecule has 1 aliphatic heterocycles. The molecule has 0 aromatic heterocycles. The number of hydrogen-bond donors (Lipinski definition) is 0. The summed E-state index contributed by atoms with van der Waals surface area (Å²) in [5.41, 5.74) is 1.03. The monoisotopic (exact) mass is 406 g/mol. The van der Waals surface area contributed by atoms with E-state index < -0.39 is 0 Å². The SMILES string of the molecule is COc1ccc(Cl)cc1C(=O)N1CCCN(C(=O)c2ccc(Cl)cc2)CC1. The highest BCUT2D eigenvalue weighted by Crippen LogP contribution is 2.24. The second kappa shape index (κ2) is 8.63. The van der Waals surface area contributed by atoms with Crippen LogP contribution in [0.25, 0.3) is 0 Å². The number of ether oxygens (including phenoxy) is 1. The number of carbonyl (C=O) groups excluding carboxylic acids is 2. The van der Waals surface area contributed by atoms with Gasteiger partial charge in [-0.1, -0.05) is 23.2 Å². The van der Waals surface area contributed by atoms with Crippen LogP contribution in [-0.2, 0) is 0 Å². The molecular weight excluding hydrogens is 387 g/mol. The van der Waals surface area contributed by atoms with Gasteiger partial charge in [0, 0.05) is 41.8 Å². The van der Waals surface area contributed by atoms with Crippen molar-refractivity contribution < 1.29 is 14.3 Å². The zero-order chi connectivity index (χ0) is 19.4. The lowest BCUT2D eigenvalue weighted by Gasteiger charge is -2.23. The number of nitrogens with zero attached hydrogens (tertiary/aromatic N) is 2. The van der Waals surface area contributed by atoms with E-state index in [-0.39, 0.29) is 11.8 Å². The number of halogens is 2. The first-order chi connectivity index (χ1) is 13.0. The molecule has 1 aliphatic rings. The summed E-state index contributed by atoms with van der Waals surface area (Å²) >= 11 is 11.9. The fourth-order valence-corrected chi connectivity index (χ4v) is 3.41. The summed E-state index contributed by atoms with van der Waals surface area (Å²) in [5, 5.41) is 1.07. The third-order valence-corrected chi connectivity index (χ3v) is 5.04. The summed E-state index contributed by atoms with van der Waals surface area (Å²) in [4.78, 5) is 29.1. The highest BCUT2D eigenvalue weighted by atomic mass is 35.5. The van der Waals surface area contributed by atoms with Gasteiger partial charge in [0.2, 0.25) is 0 Å². The smallest absolute Gasteiger partial charge is 0.257 e. The average Bonchev–Trinajstić information content (AvgIpc) is 2.93. The molecule has 0 saturated carbocycles. The van der Waals surface area contributed by atoms with E-state index in [0.29, 0.717) is 59.5 Å². The zero-order valence-electron chi connectivity index (χ0n) is 15.0. The summed E-state index contributed by atoms with van der Waals surface area (Å²) in [6, 6.07) is 11.8. The largest absolute Gasteiger partial charge is 0.496 e. The molecule has 27 heavy (non-hydrogen) atoms. The van der Waals surface area contributed by atoms with Gasteiger partial charge in [-0.25, -0.2) is 0 Å². The molecule has 1 saturated heterocycles. The molecule has 2 amide bonds. The maximum Gasteiger partial charge on any atom is 0.257 e. The molecule has 1 fully saturated rings. The lowest BCUT2D eigenvalue weighted by molar-refractivity contribution is 0.0717. The lowest BCUT2D eigenvalue weighted by Crippen LogP contribution is -2.37. The van der Waals surface area contributed by atoms with Crippen LogP contribution in [0, 0.1) is 0 Å². The first kappa shape index (κ1) is 19.5. The van der Waals surface area contributed by atoms with Crippen molar-refractivity contribution in [2.75, 3.05) is 33.3 Å². The number of amides is 2. The van der Waals surface area contributed by atoms with Gasteiger partial charge >= 0.3 is 0 Å². The number of hydrogen-bond acceptors (Lipinski definition) is 3. The van der Waals surface area contributed by atoms with Crippen molar-refractivity contribution in [1.82, 2.24) is 9.80 Å². The minimum atomic E-state index is -0.143. The van der Waals surface area contributed by atoms with Crippen molar-refractivity contribution in [3.63, 3.8) is 0 Å². The normalized spacial score (nSPS) is 14.6. The summed E-state index contributed by atoms with van der Waals surface area (Å²) < 4.78 is 5.29. The molecular formula is C20H20Cl2N2O3. The zero-order valence-corrected chi connectivity index (χ0v) is 16.5. The molecule has 2 aromatic carbocycles. The van der Waals surface area contributed by atoms with Crippen LogP contribution in [0.5, 0.6) is 5.75 Å². The second-order valence-corrected chi connectivity index (χ2v) is 7.16. The number of benzene rings is 2. The molecule has 0 bridgehead atoms. The van der Waals surface area contributed by atoms with Gasteiger partial charge in [-0.15, -0.1) is 0 Å². The molecule has 0 aliphatic carbocycles. The Kier molecular flexibility index (Phi) is 6.24. The van der Waals surface area contributed by atoms with E-state index in [1.165, 1.54) is 7.11 Å². The van der Waals surface area contributed by atoms with Gasteiger partial charge in [0.25, 0.3) is 11.8 Å². The third-order valence-electron chi connectivity index (χ3n) is 4.55. The summed E-state index contributed by atoms with van der Waals surface area (Å²) in [6.45, 7) is 2.08. The minimum Gasteiger partial charge on any atom is -0.496 e. The van der Waals surface area contributed by atoms with Gasteiger partial charge in [-0.05, 0) is 48.9 Å². The lowest BCUT2D eigenvalue weighted by atomic mass is 10.1. The Bertz CT molecular complexity index is 840. The molecule has 0 radical (unpaired) electrons. The number of rotatable bonds is 3. The second-order valence-electron chi connectivity index (χ2n) is 6.29. The van der Waals surface area contributed by atoms with E-state index in [1.807, 2.05) is 0 Å². The van der Waals surface area contributed by atoms with Crippen molar-refractivity contribution in [2.45, 2.75) is 6.42 Å². The topological polar surface area (TPSA) is 49.9 Å². The molecule has 5 nitrogen and oxygen atoms in total.